The van der Waals surface area contributed by atoms with E-state index < -0.39 is 5.92 Å². The van der Waals surface area contributed by atoms with Crippen molar-refractivity contribution in [3.05, 3.63) is 173 Å². The molecule has 0 spiro atoms. The Morgan fingerprint density at radius 3 is 1.40 bits per heavy atom. The van der Waals surface area contributed by atoms with Crippen LogP contribution in [0.1, 0.15) is 83.8 Å². The molecule has 0 heterocycles. The molecule has 0 aliphatic carbocycles. The predicted molar refractivity (Wildman–Crippen MR) is 217 cm³/mol. The van der Waals surface area contributed by atoms with E-state index in [0.717, 1.165) is 19.0 Å². The van der Waals surface area contributed by atoms with Crippen molar-refractivity contribution in [2.24, 2.45) is 0 Å². The molecule has 0 saturated carbocycles. The Morgan fingerprint density at radius 1 is 0.635 bits per heavy atom. The first-order chi connectivity index (χ1) is 24.7. The van der Waals surface area contributed by atoms with Gasteiger partial charge in [0.1, 0.15) is 17.9 Å². The maximum absolute atomic E-state index is 14.2. The summed E-state index contributed by atoms with van der Waals surface area (Å²) in [5, 5.41) is 0.194. The van der Waals surface area contributed by atoms with Gasteiger partial charge >= 0.3 is 0 Å². The molecule has 11 heteroatoms. The van der Waals surface area contributed by atoms with Gasteiger partial charge in [0.15, 0.2) is 17.3 Å². The highest BCUT2D eigenvalue weighted by atomic mass is 79.9. The second-order valence-corrected chi connectivity index (χ2v) is 14.7. The van der Waals surface area contributed by atoms with Gasteiger partial charge in [0, 0.05) is 48.5 Å². The maximum atomic E-state index is 14.2. The minimum absolute atomic E-state index is 0.0815. The highest BCUT2D eigenvalue weighted by molar-refractivity contribution is 9.11. The van der Waals surface area contributed by atoms with Crippen LogP contribution in [-0.2, 0) is 0 Å². The molecule has 0 aliphatic rings. The molecule has 0 unspecified atom stereocenters. The summed E-state index contributed by atoms with van der Waals surface area (Å²) in [4.78, 5) is 46.8. The molecule has 0 radical (unpaired) electrons. The first-order valence-corrected chi connectivity index (χ1v) is 19.1. The Hall–Kier alpha value is -3.34. The standard InChI is InChI=1S/C24H19Br2FO2.C8H7BrO.C8H7FO.CH2Cl2/c1-15-21(9-4-10-22(15)27)18(13-23(28)16-5-2-7-19(25)11-16)14-24(29)17-6-3-8-20(26)12-17;1-6(10)7-3-2-4-8(9)5-7;1-6-7(5-10)3-2-4-8(6)9;2-1-3/h2-12,18H,13-14H2,1H3;2*2-5H,1H3;1H2. The van der Waals surface area contributed by atoms with Gasteiger partial charge < -0.3 is 0 Å². The quantitative estimate of drug-likeness (QED) is 0.0839. The van der Waals surface area contributed by atoms with E-state index in [-0.39, 0.29) is 47.2 Å². The second kappa shape index (κ2) is 23.4. The van der Waals surface area contributed by atoms with Crippen LogP contribution >= 0.6 is 71.0 Å². The molecule has 0 atom stereocenters. The number of carbonyl (C=O) groups excluding carboxylic acids is 4. The first-order valence-electron chi connectivity index (χ1n) is 15.6. The zero-order valence-electron chi connectivity index (χ0n) is 28.4. The van der Waals surface area contributed by atoms with Crippen LogP contribution in [0, 0.1) is 25.5 Å². The number of Topliss-reactive ketones (excluding diaryl/α,β-unsaturated/α-hetero) is 3. The van der Waals surface area contributed by atoms with Crippen LogP contribution < -0.4 is 0 Å². The highest BCUT2D eigenvalue weighted by Gasteiger charge is 2.24. The van der Waals surface area contributed by atoms with Gasteiger partial charge in [-0.15, -0.1) is 23.2 Å². The number of aldehydes is 1. The fourth-order valence-corrected chi connectivity index (χ4v) is 6.02. The summed E-state index contributed by atoms with van der Waals surface area (Å²) in [6, 6.07) is 30.9. The van der Waals surface area contributed by atoms with Crippen LogP contribution in [-0.4, -0.2) is 29.0 Å². The Bertz CT molecular complexity index is 1930. The van der Waals surface area contributed by atoms with Crippen molar-refractivity contribution in [3.8, 4) is 0 Å². The minimum atomic E-state index is -0.413. The Morgan fingerprint density at radius 2 is 1.02 bits per heavy atom. The topological polar surface area (TPSA) is 68.3 Å². The van der Waals surface area contributed by atoms with E-state index in [1.807, 2.05) is 30.3 Å². The summed E-state index contributed by atoms with van der Waals surface area (Å²) in [6.45, 7) is 4.83. The second-order valence-electron chi connectivity index (χ2n) is 11.2. The van der Waals surface area contributed by atoms with Crippen molar-refractivity contribution < 1.29 is 28.0 Å². The third-order valence-corrected chi connectivity index (χ3v) is 9.05. The van der Waals surface area contributed by atoms with Crippen molar-refractivity contribution in [2.75, 3.05) is 5.34 Å². The minimum Gasteiger partial charge on any atom is -0.298 e. The predicted octanol–water partition coefficient (Wildman–Crippen LogP) is 13.3. The van der Waals surface area contributed by atoms with Gasteiger partial charge in [0.2, 0.25) is 0 Å². The van der Waals surface area contributed by atoms with Crippen molar-refractivity contribution in [1.82, 2.24) is 0 Å². The van der Waals surface area contributed by atoms with Crippen LogP contribution in [0.2, 0.25) is 0 Å². The van der Waals surface area contributed by atoms with Gasteiger partial charge in [0.05, 0.1) is 5.34 Å². The molecule has 0 bridgehead atoms. The molecule has 0 saturated heterocycles. The van der Waals surface area contributed by atoms with Crippen molar-refractivity contribution in [2.45, 2.75) is 39.5 Å². The molecule has 52 heavy (non-hydrogen) atoms. The van der Waals surface area contributed by atoms with Crippen LogP contribution in [0.15, 0.2) is 123 Å². The van der Waals surface area contributed by atoms with Crippen molar-refractivity contribution in [1.29, 1.82) is 0 Å². The van der Waals surface area contributed by atoms with E-state index in [0.29, 0.717) is 39.7 Å². The molecular weight excluding hydrogens is 905 g/mol. The van der Waals surface area contributed by atoms with E-state index >= 15 is 0 Å². The molecular formula is C41H35Br3Cl2F2O4. The lowest BCUT2D eigenvalue weighted by Gasteiger charge is -2.19. The number of halogens is 7. The normalized spacial score (nSPS) is 10.1. The lowest BCUT2D eigenvalue weighted by molar-refractivity contribution is 0.0941. The largest absolute Gasteiger partial charge is 0.298 e. The summed E-state index contributed by atoms with van der Waals surface area (Å²) in [5.41, 5.74) is 3.87. The van der Waals surface area contributed by atoms with Gasteiger partial charge in [0.25, 0.3) is 0 Å². The average molecular weight is 940 g/mol. The molecule has 0 aromatic heterocycles. The number of alkyl halides is 2. The number of ketones is 3. The fraction of sp³-hybridized carbons (Fsp3) is 0.171. The Kier molecular flexibility index (Phi) is 20.1. The summed E-state index contributed by atoms with van der Waals surface area (Å²) in [5.74, 6) is -1.14. The molecule has 0 aliphatic heterocycles. The third kappa shape index (κ3) is 15.0. The molecule has 5 aromatic carbocycles. The summed E-state index contributed by atoms with van der Waals surface area (Å²) in [7, 11) is 0. The fourth-order valence-electron chi connectivity index (χ4n) is 4.82. The zero-order valence-corrected chi connectivity index (χ0v) is 34.7. The maximum Gasteiger partial charge on any atom is 0.163 e. The number of hydrogen-bond donors (Lipinski definition) is 0. The number of carbonyl (C=O) groups is 4. The number of rotatable bonds is 9. The molecule has 5 aromatic rings. The van der Waals surface area contributed by atoms with Crippen molar-refractivity contribution >= 4 is 94.6 Å². The van der Waals surface area contributed by atoms with Gasteiger partial charge in [-0.05, 0) is 91.9 Å². The van der Waals surface area contributed by atoms with Crippen LogP contribution in [0.4, 0.5) is 8.78 Å². The zero-order chi connectivity index (χ0) is 38.8. The highest BCUT2D eigenvalue weighted by Crippen LogP contribution is 2.31. The van der Waals surface area contributed by atoms with Gasteiger partial charge in [-0.25, -0.2) is 8.78 Å². The summed E-state index contributed by atoms with van der Waals surface area (Å²) >= 11 is 19.6. The molecule has 5 rings (SSSR count). The number of hydrogen-bond acceptors (Lipinski definition) is 4. The van der Waals surface area contributed by atoms with E-state index in [9.17, 15) is 28.0 Å². The lowest BCUT2D eigenvalue weighted by Crippen LogP contribution is -2.14. The van der Waals surface area contributed by atoms with E-state index in [1.165, 1.54) is 18.2 Å². The summed E-state index contributed by atoms with van der Waals surface area (Å²) < 4.78 is 29.4. The number of benzene rings is 5. The summed E-state index contributed by atoms with van der Waals surface area (Å²) in [6.07, 6.45) is 0.902. The molecule has 0 fully saturated rings. The Labute approximate surface area is 338 Å². The van der Waals surface area contributed by atoms with Crippen molar-refractivity contribution in [3.63, 3.8) is 0 Å². The van der Waals surface area contributed by atoms with E-state index in [2.05, 4.69) is 47.8 Å². The monoisotopic (exact) mass is 936 g/mol. The smallest absolute Gasteiger partial charge is 0.163 e. The van der Waals surface area contributed by atoms with E-state index in [1.54, 1.807) is 81.4 Å². The van der Waals surface area contributed by atoms with E-state index in [4.69, 9.17) is 23.2 Å². The molecule has 0 amide bonds. The Balaban J connectivity index is 0.000000329. The van der Waals surface area contributed by atoms with Gasteiger partial charge in [-0.2, -0.15) is 0 Å². The van der Waals surface area contributed by atoms with Gasteiger partial charge in [-0.1, -0.05) is 108 Å². The third-order valence-electron chi connectivity index (χ3n) is 7.57. The SMILES string of the molecule is CC(=O)c1cccc(Br)c1.Cc1c(F)cccc1C(CC(=O)c1cccc(Br)c1)CC(=O)c1cccc(Br)c1.Cc1c(F)cccc1C=O.ClCCl. The average Bonchev–Trinajstić information content (AvgIpc) is 3.11. The molecule has 272 valence electrons. The first kappa shape index (κ1) is 44.8. The molecule has 0 N–H and O–H groups in total. The van der Waals surface area contributed by atoms with Crippen LogP contribution in [0.25, 0.3) is 0 Å². The van der Waals surface area contributed by atoms with Crippen LogP contribution in [0.3, 0.4) is 0 Å². The molecule has 4 nitrogen and oxygen atoms in total. The van der Waals surface area contributed by atoms with Gasteiger partial charge in [-0.3, -0.25) is 19.2 Å². The van der Waals surface area contributed by atoms with Crippen LogP contribution in [0.5, 0.6) is 0 Å². The lowest BCUT2D eigenvalue weighted by atomic mass is 9.84.